The van der Waals surface area contributed by atoms with Gasteiger partial charge < -0.3 is 19.3 Å². The smallest absolute Gasteiger partial charge is 0.360 e. The zero-order valence-corrected chi connectivity index (χ0v) is 17.7. The molecule has 30 heavy (non-hydrogen) atoms. The molecular formula is C21H21NO7S. The number of benzene rings is 2. The molecule has 0 radical (unpaired) electrons. The fraction of sp³-hybridized carbons (Fsp3) is 0.286. The number of rotatable bonds is 2. The van der Waals surface area contributed by atoms with Crippen LogP contribution in [-0.4, -0.2) is 31.9 Å². The van der Waals surface area contributed by atoms with Gasteiger partial charge in [0.2, 0.25) is 6.79 Å². The maximum absolute atomic E-state index is 13.6. The summed E-state index contributed by atoms with van der Waals surface area (Å²) < 4.78 is 44.1. The van der Waals surface area contributed by atoms with Crippen molar-refractivity contribution in [3.63, 3.8) is 0 Å². The number of hydrogen-bond donors (Lipinski definition) is 1. The van der Waals surface area contributed by atoms with Crippen molar-refractivity contribution in [3.8, 4) is 11.5 Å². The molecule has 8 nitrogen and oxygen atoms in total. The van der Waals surface area contributed by atoms with Crippen LogP contribution in [0.2, 0.25) is 0 Å². The zero-order chi connectivity index (χ0) is 21.8. The molecule has 2 aliphatic heterocycles. The van der Waals surface area contributed by atoms with Gasteiger partial charge in [0.05, 0.1) is 10.6 Å². The van der Waals surface area contributed by atoms with E-state index in [1.807, 2.05) is 0 Å². The quantitative estimate of drug-likeness (QED) is 0.726. The molecule has 0 fully saturated rings. The van der Waals surface area contributed by atoms with Gasteiger partial charge in [0.25, 0.3) is 10.0 Å². The first-order valence-corrected chi connectivity index (χ1v) is 10.7. The number of esters is 1. The minimum atomic E-state index is -4.24. The predicted octanol–water partition coefficient (Wildman–Crippen LogP) is 3.50. The molecule has 0 spiro atoms. The fourth-order valence-electron chi connectivity index (χ4n) is 3.34. The van der Waals surface area contributed by atoms with Gasteiger partial charge in [0, 0.05) is 11.6 Å². The molecule has 2 heterocycles. The molecular weight excluding hydrogens is 410 g/mol. The van der Waals surface area contributed by atoms with Crippen LogP contribution in [0.5, 0.6) is 11.5 Å². The second kappa shape index (κ2) is 6.66. The number of hydrogen-bond acceptors (Lipinski definition) is 7. The summed E-state index contributed by atoms with van der Waals surface area (Å²) in [5.41, 5.74) is -0.684. The summed E-state index contributed by atoms with van der Waals surface area (Å²) in [6.07, 6.45) is 0. The second-order valence-electron chi connectivity index (χ2n) is 7.96. The number of anilines is 1. The number of sulfonamides is 1. The monoisotopic (exact) mass is 431 g/mol. The summed E-state index contributed by atoms with van der Waals surface area (Å²) >= 11 is 0. The van der Waals surface area contributed by atoms with Crippen LogP contribution < -0.4 is 13.8 Å². The van der Waals surface area contributed by atoms with Crippen LogP contribution in [-0.2, 0) is 19.6 Å². The van der Waals surface area contributed by atoms with Crippen molar-refractivity contribution in [1.29, 1.82) is 0 Å². The number of carbonyl (C=O) groups is 1. The van der Waals surface area contributed by atoms with E-state index in [2.05, 4.69) is 0 Å². The van der Waals surface area contributed by atoms with Crippen molar-refractivity contribution in [2.75, 3.05) is 11.1 Å². The minimum absolute atomic E-state index is 0.00776. The lowest BCUT2D eigenvalue weighted by Gasteiger charge is -2.33. The van der Waals surface area contributed by atoms with Gasteiger partial charge in [-0.15, -0.1) is 0 Å². The summed E-state index contributed by atoms with van der Waals surface area (Å²) in [4.78, 5) is 12.9. The van der Waals surface area contributed by atoms with Gasteiger partial charge in [0.1, 0.15) is 5.60 Å². The lowest BCUT2D eigenvalue weighted by Crippen LogP contribution is -2.40. The molecule has 0 aliphatic carbocycles. The van der Waals surface area contributed by atoms with Crippen molar-refractivity contribution in [1.82, 2.24) is 0 Å². The molecule has 0 aromatic heterocycles. The molecule has 0 atom stereocenters. The van der Waals surface area contributed by atoms with Crippen LogP contribution in [0.4, 0.5) is 5.69 Å². The number of aryl methyl sites for hydroxylation is 1. The highest BCUT2D eigenvalue weighted by Crippen LogP contribution is 2.44. The maximum atomic E-state index is 13.6. The molecule has 2 aliphatic rings. The molecule has 9 heteroatoms. The molecule has 0 unspecified atom stereocenters. The van der Waals surface area contributed by atoms with Crippen molar-refractivity contribution in [2.24, 2.45) is 0 Å². The van der Waals surface area contributed by atoms with Gasteiger partial charge in [-0.25, -0.2) is 17.5 Å². The van der Waals surface area contributed by atoms with E-state index in [1.165, 1.54) is 18.2 Å². The van der Waals surface area contributed by atoms with E-state index in [0.717, 1.165) is 4.31 Å². The Balaban J connectivity index is 2.00. The van der Waals surface area contributed by atoms with Gasteiger partial charge in [-0.1, -0.05) is 12.1 Å². The molecule has 0 saturated carbocycles. The lowest BCUT2D eigenvalue weighted by atomic mass is 10.1. The third kappa shape index (κ3) is 3.15. The number of fused-ring (bicyclic) bond motifs is 2. The normalized spacial score (nSPS) is 17.0. The summed E-state index contributed by atoms with van der Waals surface area (Å²) in [6.45, 7) is 6.66. The summed E-state index contributed by atoms with van der Waals surface area (Å²) in [5.74, 6) is -0.632. The Bertz CT molecular complexity index is 1190. The van der Waals surface area contributed by atoms with Gasteiger partial charge >= 0.3 is 5.97 Å². The molecule has 0 amide bonds. The van der Waals surface area contributed by atoms with Crippen molar-refractivity contribution >= 4 is 27.4 Å². The van der Waals surface area contributed by atoms with E-state index in [0.29, 0.717) is 17.1 Å². The first-order chi connectivity index (χ1) is 14.0. The van der Waals surface area contributed by atoms with Gasteiger partial charge in [-0.2, -0.15) is 0 Å². The average molecular weight is 431 g/mol. The third-order valence-electron chi connectivity index (χ3n) is 4.59. The van der Waals surface area contributed by atoms with Crippen LogP contribution in [0.15, 0.2) is 47.0 Å². The minimum Gasteiger partial charge on any atom is -0.505 e. The van der Waals surface area contributed by atoms with Crippen LogP contribution in [0, 0.1) is 6.92 Å². The molecule has 158 valence electrons. The Labute approximate surface area is 174 Å². The third-order valence-corrected chi connectivity index (χ3v) is 6.36. The van der Waals surface area contributed by atoms with Crippen molar-refractivity contribution < 1.29 is 32.5 Å². The van der Waals surface area contributed by atoms with Crippen LogP contribution in [0.3, 0.4) is 0 Å². The van der Waals surface area contributed by atoms with E-state index in [9.17, 15) is 18.3 Å². The number of ether oxygens (including phenoxy) is 3. The Hall–Kier alpha value is -3.20. The fourth-order valence-corrected chi connectivity index (χ4v) is 5.08. The summed E-state index contributed by atoms with van der Waals surface area (Å²) in [5, 5.41) is 11.0. The largest absolute Gasteiger partial charge is 0.505 e. The molecule has 4 rings (SSSR count). The number of aliphatic hydroxyl groups is 1. The number of nitrogens with zero attached hydrogens (tertiary/aromatic N) is 1. The zero-order valence-electron chi connectivity index (χ0n) is 16.9. The highest BCUT2D eigenvalue weighted by atomic mass is 32.2. The van der Waals surface area contributed by atoms with Gasteiger partial charge in [-0.05, 0) is 51.5 Å². The Morgan fingerprint density at radius 3 is 2.43 bits per heavy atom. The number of aliphatic hydroxyl groups excluding tert-OH is 1. The van der Waals surface area contributed by atoms with E-state index in [-0.39, 0.29) is 22.9 Å². The summed E-state index contributed by atoms with van der Waals surface area (Å²) in [6, 6.07) is 9.04. The SMILES string of the molecule is Cc1cc2c(cc1N1C(C(=O)OC(C)(C)C)=C(O)c3ccccc3S1(=O)=O)OCO2. The molecule has 1 N–H and O–H groups in total. The Kier molecular flexibility index (Phi) is 4.46. The van der Waals surface area contributed by atoms with E-state index >= 15 is 0 Å². The van der Waals surface area contributed by atoms with Crippen molar-refractivity contribution in [3.05, 3.63) is 53.2 Å². The lowest BCUT2D eigenvalue weighted by molar-refractivity contribution is -0.149. The first-order valence-electron chi connectivity index (χ1n) is 9.22. The van der Waals surface area contributed by atoms with E-state index in [4.69, 9.17) is 14.2 Å². The Morgan fingerprint density at radius 2 is 1.77 bits per heavy atom. The highest BCUT2D eigenvalue weighted by molar-refractivity contribution is 7.93. The molecule has 2 aromatic carbocycles. The number of carbonyl (C=O) groups excluding carboxylic acids is 1. The standard InChI is InChI=1S/C21H21NO7S/c1-12-9-15-16(28-11-27-15)10-14(12)22-18(20(24)29-21(2,3)4)19(23)13-7-5-6-8-17(13)30(22,25)26/h5-10,23H,11H2,1-4H3. The maximum Gasteiger partial charge on any atom is 0.360 e. The first kappa shape index (κ1) is 20.1. The van der Waals surface area contributed by atoms with Crippen LogP contribution in [0.25, 0.3) is 5.76 Å². The topological polar surface area (TPSA) is 102 Å². The van der Waals surface area contributed by atoms with Crippen LogP contribution >= 0.6 is 0 Å². The average Bonchev–Trinajstić information content (AvgIpc) is 3.09. The van der Waals surface area contributed by atoms with E-state index in [1.54, 1.807) is 45.9 Å². The Morgan fingerprint density at radius 1 is 1.13 bits per heavy atom. The van der Waals surface area contributed by atoms with Crippen LogP contribution in [0.1, 0.15) is 31.9 Å². The molecule has 2 aromatic rings. The van der Waals surface area contributed by atoms with Gasteiger partial charge in [0.15, 0.2) is 23.0 Å². The van der Waals surface area contributed by atoms with Gasteiger partial charge in [-0.3, -0.25) is 0 Å². The second-order valence-corrected chi connectivity index (χ2v) is 9.71. The molecule has 0 saturated heterocycles. The predicted molar refractivity (Wildman–Crippen MR) is 109 cm³/mol. The summed E-state index contributed by atoms with van der Waals surface area (Å²) in [7, 11) is -4.24. The van der Waals surface area contributed by atoms with Crippen molar-refractivity contribution in [2.45, 2.75) is 38.2 Å². The van der Waals surface area contributed by atoms with E-state index < -0.39 is 33.0 Å². The molecule has 0 bridgehead atoms. The highest BCUT2D eigenvalue weighted by Gasteiger charge is 2.43.